The van der Waals surface area contributed by atoms with Crippen LogP contribution in [-0.4, -0.2) is 49.7 Å². The van der Waals surface area contributed by atoms with E-state index in [-0.39, 0.29) is 23.9 Å². The molecule has 1 amide bonds. The van der Waals surface area contributed by atoms with Gasteiger partial charge >= 0.3 is 0 Å². The van der Waals surface area contributed by atoms with Crippen LogP contribution >= 0.6 is 11.6 Å². The quantitative estimate of drug-likeness (QED) is 0.413. The number of carbonyl (C=O) groups excluding carboxylic acids is 1. The number of aromatic nitrogens is 4. The first-order valence-electron chi connectivity index (χ1n) is 11.8. The summed E-state index contributed by atoms with van der Waals surface area (Å²) in [5.41, 5.74) is 2.31. The van der Waals surface area contributed by atoms with Crippen LogP contribution in [0.5, 0.6) is 0 Å². The number of para-hydroxylation sites is 1. The van der Waals surface area contributed by atoms with E-state index in [4.69, 9.17) is 11.6 Å². The topological polar surface area (TPSA) is 95.9 Å². The SMILES string of the molecule is O=C(CCc1nc2c(cnn2-c2ccccc2)c(=O)[nH]1)NC1CCN(Cc2ccc(Cl)cc2)CC1. The molecule has 1 fully saturated rings. The number of hydrogen-bond acceptors (Lipinski definition) is 5. The van der Waals surface area contributed by atoms with Gasteiger partial charge in [-0.25, -0.2) is 9.67 Å². The van der Waals surface area contributed by atoms with Crippen molar-refractivity contribution in [2.45, 2.75) is 38.3 Å². The predicted octanol–water partition coefficient (Wildman–Crippen LogP) is 3.48. The first-order chi connectivity index (χ1) is 17.0. The lowest BCUT2D eigenvalue weighted by Gasteiger charge is -2.32. The van der Waals surface area contributed by atoms with Crippen molar-refractivity contribution in [3.05, 3.63) is 87.6 Å². The van der Waals surface area contributed by atoms with Crippen LogP contribution in [-0.2, 0) is 17.8 Å². The zero-order valence-electron chi connectivity index (χ0n) is 19.3. The van der Waals surface area contributed by atoms with Crippen molar-refractivity contribution in [2.24, 2.45) is 0 Å². The molecule has 0 saturated carbocycles. The standard InChI is InChI=1S/C26H27ClN6O2/c27-19-8-6-18(7-9-19)17-32-14-12-20(13-15-32)29-24(34)11-10-23-30-25-22(26(35)31-23)16-28-33(25)21-4-2-1-3-5-21/h1-9,16,20H,10-15,17H2,(H,29,34)(H,30,31,35). The predicted molar refractivity (Wildman–Crippen MR) is 136 cm³/mol. The summed E-state index contributed by atoms with van der Waals surface area (Å²) in [5, 5.41) is 8.64. The summed E-state index contributed by atoms with van der Waals surface area (Å²) < 4.78 is 1.64. The maximum Gasteiger partial charge on any atom is 0.262 e. The van der Waals surface area contributed by atoms with Crippen LogP contribution in [0.1, 0.15) is 30.7 Å². The third kappa shape index (κ3) is 5.61. The maximum atomic E-state index is 12.6. The van der Waals surface area contributed by atoms with Gasteiger partial charge in [-0.15, -0.1) is 0 Å². The Bertz CT molecular complexity index is 1360. The minimum atomic E-state index is -0.249. The third-order valence-corrected chi connectivity index (χ3v) is 6.60. The molecule has 0 atom stereocenters. The van der Waals surface area contributed by atoms with Crippen molar-refractivity contribution in [1.29, 1.82) is 0 Å². The monoisotopic (exact) mass is 490 g/mol. The van der Waals surface area contributed by atoms with Gasteiger partial charge < -0.3 is 10.3 Å². The smallest absolute Gasteiger partial charge is 0.262 e. The first kappa shape index (κ1) is 23.3. The molecular formula is C26H27ClN6O2. The lowest BCUT2D eigenvalue weighted by atomic mass is 10.0. The molecule has 0 unspecified atom stereocenters. The van der Waals surface area contributed by atoms with Gasteiger partial charge in [-0.3, -0.25) is 14.5 Å². The second-order valence-corrected chi connectivity index (χ2v) is 9.32. The molecule has 3 heterocycles. The van der Waals surface area contributed by atoms with Crippen LogP contribution in [0.3, 0.4) is 0 Å². The van der Waals surface area contributed by atoms with Crippen LogP contribution in [0, 0.1) is 0 Å². The Labute approximate surface area is 207 Å². The van der Waals surface area contributed by atoms with Gasteiger partial charge in [0.1, 0.15) is 11.2 Å². The fraction of sp³-hybridized carbons (Fsp3) is 0.308. The highest BCUT2D eigenvalue weighted by Crippen LogP contribution is 2.17. The number of benzene rings is 2. The van der Waals surface area contributed by atoms with E-state index in [9.17, 15) is 9.59 Å². The van der Waals surface area contributed by atoms with Gasteiger partial charge in [-0.05, 0) is 42.7 Å². The number of H-pyrrole nitrogens is 1. The van der Waals surface area contributed by atoms with Crippen molar-refractivity contribution < 1.29 is 4.79 Å². The number of nitrogens with one attached hydrogen (secondary N) is 2. The lowest BCUT2D eigenvalue weighted by molar-refractivity contribution is -0.122. The highest BCUT2D eigenvalue weighted by atomic mass is 35.5. The van der Waals surface area contributed by atoms with Crippen LogP contribution in [0.25, 0.3) is 16.7 Å². The normalized spacial score (nSPS) is 14.9. The van der Waals surface area contributed by atoms with Gasteiger partial charge in [0.2, 0.25) is 5.91 Å². The van der Waals surface area contributed by atoms with Crippen molar-refractivity contribution >= 4 is 28.5 Å². The van der Waals surface area contributed by atoms with Crippen LogP contribution < -0.4 is 10.9 Å². The Morgan fingerprint density at radius 1 is 1.09 bits per heavy atom. The molecule has 4 aromatic rings. The molecule has 1 saturated heterocycles. The summed E-state index contributed by atoms with van der Waals surface area (Å²) in [6.45, 7) is 2.75. The maximum absolute atomic E-state index is 12.6. The fourth-order valence-electron chi connectivity index (χ4n) is 4.46. The highest BCUT2D eigenvalue weighted by molar-refractivity contribution is 6.30. The number of carbonyl (C=O) groups is 1. The number of amides is 1. The number of fused-ring (bicyclic) bond motifs is 1. The van der Waals surface area contributed by atoms with Gasteiger partial charge in [0.15, 0.2) is 5.65 Å². The van der Waals surface area contributed by atoms with E-state index < -0.39 is 0 Å². The van der Waals surface area contributed by atoms with E-state index in [1.54, 1.807) is 4.68 Å². The van der Waals surface area contributed by atoms with Crippen molar-refractivity contribution in [2.75, 3.05) is 13.1 Å². The summed E-state index contributed by atoms with van der Waals surface area (Å²) in [6.07, 6.45) is 3.96. The average molecular weight is 491 g/mol. The van der Waals surface area contributed by atoms with Crippen molar-refractivity contribution in [3.63, 3.8) is 0 Å². The number of aromatic amines is 1. The molecular weight excluding hydrogens is 464 g/mol. The number of nitrogens with zero attached hydrogens (tertiary/aromatic N) is 4. The minimum Gasteiger partial charge on any atom is -0.353 e. The van der Waals surface area contributed by atoms with E-state index in [1.807, 2.05) is 42.5 Å². The third-order valence-electron chi connectivity index (χ3n) is 6.35. The van der Waals surface area contributed by atoms with E-state index in [1.165, 1.54) is 11.8 Å². The first-order valence-corrected chi connectivity index (χ1v) is 12.2. The van der Waals surface area contributed by atoms with Gasteiger partial charge in [-0.2, -0.15) is 5.10 Å². The summed E-state index contributed by atoms with van der Waals surface area (Å²) >= 11 is 5.97. The van der Waals surface area contributed by atoms with E-state index >= 15 is 0 Å². The molecule has 1 aliphatic heterocycles. The van der Waals surface area contributed by atoms with Gasteiger partial charge in [0.25, 0.3) is 5.56 Å². The number of aryl methyl sites for hydroxylation is 1. The fourth-order valence-corrected chi connectivity index (χ4v) is 4.58. The number of likely N-dealkylation sites (tertiary alicyclic amines) is 1. The van der Waals surface area contributed by atoms with E-state index in [0.717, 1.165) is 43.2 Å². The Hall–Kier alpha value is -3.49. The molecule has 9 heteroatoms. The highest BCUT2D eigenvalue weighted by Gasteiger charge is 2.21. The molecule has 180 valence electrons. The zero-order valence-corrected chi connectivity index (χ0v) is 20.0. The molecule has 0 aliphatic carbocycles. The molecule has 2 aromatic carbocycles. The van der Waals surface area contributed by atoms with Gasteiger partial charge in [0, 0.05) is 43.5 Å². The molecule has 35 heavy (non-hydrogen) atoms. The van der Waals surface area contributed by atoms with Crippen LogP contribution in [0.15, 0.2) is 65.6 Å². The molecule has 0 spiro atoms. The minimum absolute atomic E-state index is 0.0273. The average Bonchev–Trinajstić information content (AvgIpc) is 3.31. The Morgan fingerprint density at radius 2 is 1.83 bits per heavy atom. The number of rotatable bonds is 7. The lowest BCUT2D eigenvalue weighted by Crippen LogP contribution is -2.44. The molecule has 0 bridgehead atoms. The molecule has 5 rings (SSSR count). The van der Waals surface area contributed by atoms with Gasteiger partial charge in [-0.1, -0.05) is 41.9 Å². The van der Waals surface area contributed by atoms with Crippen molar-refractivity contribution in [3.8, 4) is 5.69 Å². The molecule has 2 N–H and O–H groups in total. The molecule has 1 aliphatic rings. The molecule has 8 nitrogen and oxygen atoms in total. The molecule has 0 radical (unpaired) electrons. The van der Waals surface area contributed by atoms with E-state index in [2.05, 4.69) is 37.4 Å². The largest absolute Gasteiger partial charge is 0.353 e. The number of hydrogen-bond donors (Lipinski definition) is 2. The van der Waals surface area contributed by atoms with Crippen LogP contribution in [0.4, 0.5) is 0 Å². The second kappa shape index (κ2) is 10.4. The Morgan fingerprint density at radius 3 is 2.57 bits per heavy atom. The van der Waals surface area contributed by atoms with Crippen molar-refractivity contribution in [1.82, 2.24) is 30.0 Å². The summed E-state index contributed by atoms with van der Waals surface area (Å²) in [5.74, 6) is 0.452. The summed E-state index contributed by atoms with van der Waals surface area (Å²) in [4.78, 5) is 34.9. The zero-order chi connectivity index (χ0) is 24.2. The van der Waals surface area contributed by atoms with E-state index in [0.29, 0.717) is 23.3 Å². The Balaban J connectivity index is 1.15. The Kier molecular flexibility index (Phi) is 6.92. The summed E-state index contributed by atoms with van der Waals surface area (Å²) in [7, 11) is 0. The summed E-state index contributed by atoms with van der Waals surface area (Å²) in [6, 6.07) is 17.6. The molecule has 2 aromatic heterocycles. The second-order valence-electron chi connectivity index (χ2n) is 8.89. The number of halogens is 1. The van der Waals surface area contributed by atoms with Gasteiger partial charge in [0.05, 0.1) is 11.9 Å². The van der Waals surface area contributed by atoms with Crippen LogP contribution in [0.2, 0.25) is 5.02 Å². The number of piperidine rings is 1.